The van der Waals surface area contributed by atoms with Gasteiger partial charge in [0.15, 0.2) is 6.10 Å². The van der Waals surface area contributed by atoms with E-state index in [1.54, 1.807) is 0 Å². The number of hydrogen-bond acceptors (Lipinski definition) is 5. The summed E-state index contributed by atoms with van der Waals surface area (Å²) in [4.78, 5) is 28.3. The molecule has 2 heterocycles. The third kappa shape index (κ3) is 3.66. The molecular formula is C17H16F4N2O5. The van der Waals surface area contributed by atoms with Crippen LogP contribution in [-0.4, -0.2) is 53.0 Å². The van der Waals surface area contributed by atoms with Crippen molar-refractivity contribution in [2.75, 3.05) is 6.61 Å². The number of carboxylic acid groups (broad SMARTS) is 1. The molecule has 1 amide bonds. The number of nitrogens with one attached hydrogen (secondary N) is 1. The van der Waals surface area contributed by atoms with E-state index < -0.39 is 53.6 Å². The third-order valence-corrected chi connectivity index (χ3v) is 4.61. The number of hydrogen-bond donors (Lipinski definition) is 2. The van der Waals surface area contributed by atoms with Crippen LogP contribution in [0.2, 0.25) is 0 Å². The summed E-state index contributed by atoms with van der Waals surface area (Å²) in [7, 11) is 0. The molecule has 2 aliphatic rings. The van der Waals surface area contributed by atoms with Gasteiger partial charge in [-0.15, -0.1) is 0 Å². The zero-order valence-corrected chi connectivity index (χ0v) is 14.5. The van der Waals surface area contributed by atoms with Gasteiger partial charge in [0.2, 0.25) is 0 Å². The standard InChI is InChI=1S/C17H16F4N2O5/c1-16(20,21)17(15(26)22-11-5-13(14(24)25)27-7-11)6-12(23-28-17)8-2-9(18)4-10(19)3-8/h2-4,11,13H,5-7H2,1H3,(H,22,26)(H,24,25)/t11-,13-,17-/m1/s1. The molecule has 0 spiro atoms. The highest BCUT2D eigenvalue weighted by molar-refractivity contribution is 6.06. The molecule has 0 bridgehead atoms. The molecular weight excluding hydrogens is 388 g/mol. The predicted molar refractivity (Wildman–Crippen MR) is 85.9 cm³/mol. The number of amides is 1. The van der Waals surface area contributed by atoms with E-state index in [0.29, 0.717) is 13.0 Å². The van der Waals surface area contributed by atoms with E-state index in [-0.39, 0.29) is 24.3 Å². The number of aliphatic carboxylic acids is 1. The number of carbonyl (C=O) groups excluding carboxylic acids is 1. The van der Waals surface area contributed by atoms with Crippen LogP contribution in [0.4, 0.5) is 17.6 Å². The molecule has 1 aromatic carbocycles. The molecule has 11 heteroatoms. The second-order valence-electron chi connectivity index (χ2n) is 6.75. The summed E-state index contributed by atoms with van der Waals surface area (Å²) < 4.78 is 60.5. The van der Waals surface area contributed by atoms with Crippen molar-refractivity contribution in [1.82, 2.24) is 5.32 Å². The Morgan fingerprint density at radius 1 is 1.29 bits per heavy atom. The van der Waals surface area contributed by atoms with Gasteiger partial charge in [0.05, 0.1) is 24.8 Å². The molecule has 2 aliphatic heterocycles. The van der Waals surface area contributed by atoms with E-state index in [9.17, 15) is 27.2 Å². The minimum atomic E-state index is -3.71. The highest BCUT2D eigenvalue weighted by Gasteiger charge is 2.62. The van der Waals surface area contributed by atoms with Crippen LogP contribution in [0.1, 0.15) is 25.3 Å². The minimum Gasteiger partial charge on any atom is -0.479 e. The third-order valence-electron chi connectivity index (χ3n) is 4.61. The zero-order chi connectivity index (χ0) is 20.7. The van der Waals surface area contributed by atoms with Gasteiger partial charge < -0.3 is 20.0 Å². The van der Waals surface area contributed by atoms with Crippen molar-refractivity contribution in [3.63, 3.8) is 0 Å². The van der Waals surface area contributed by atoms with E-state index in [4.69, 9.17) is 14.7 Å². The number of carboxylic acids is 1. The molecule has 0 unspecified atom stereocenters. The predicted octanol–water partition coefficient (Wildman–Crippen LogP) is 1.84. The van der Waals surface area contributed by atoms with Gasteiger partial charge in [0.1, 0.15) is 11.6 Å². The Labute approximate surface area is 156 Å². The molecule has 0 aromatic heterocycles. The van der Waals surface area contributed by atoms with Crippen LogP contribution in [0.5, 0.6) is 0 Å². The number of benzene rings is 1. The first-order valence-corrected chi connectivity index (χ1v) is 8.26. The largest absolute Gasteiger partial charge is 0.479 e. The van der Waals surface area contributed by atoms with E-state index in [0.717, 1.165) is 12.1 Å². The molecule has 1 aromatic rings. The summed E-state index contributed by atoms with van der Waals surface area (Å²) in [6.45, 7) is 0.291. The van der Waals surface area contributed by atoms with Crippen LogP contribution >= 0.6 is 0 Å². The number of halogens is 4. The zero-order valence-electron chi connectivity index (χ0n) is 14.5. The molecule has 0 radical (unpaired) electrons. The molecule has 7 nitrogen and oxygen atoms in total. The molecule has 1 fully saturated rings. The van der Waals surface area contributed by atoms with E-state index >= 15 is 0 Å². The fourth-order valence-electron chi connectivity index (χ4n) is 3.07. The fourth-order valence-corrected chi connectivity index (χ4v) is 3.07. The number of ether oxygens (including phenoxy) is 1. The lowest BCUT2D eigenvalue weighted by molar-refractivity contribution is -0.195. The van der Waals surface area contributed by atoms with Crippen molar-refractivity contribution in [3.05, 3.63) is 35.4 Å². The van der Waals surface area contributed by atoms with Crippen LogP contribution in [-0.2, 0) is 19.2 Å². The summed E-state index contributed by atoms with van der Waals surface area (Å²) in [5.74, 6) is -8.05. The van der Waals surface area contributed by atoms with Crippen LogP contribution < -0.4 is 5.32 Å². The maximum Gasteiger partial charge on any atom is 0.332 e. The minimum absolute atomic E-state index is 0.102. The van der Waals surface area contributed by atoms with Crippen molar-refractivity contribution >= 4 is 17.6 Å². The van der Waals surface area contributed by atoms with Crippen molar-refractivity contribution in [2.45, 2.75) is 43.4 Å². The summed E-state index contributed by atoms with van der Waals surface area (Å²) in [5, 5.41) is 14.7. The summed E-state index contributed by atoms with van der Waals surface area (Å²) in [6.07, 6.45) is -1.99. The van der Waals surface area contributed by atoms with Crippen LogP contribution in [0.25, 0.3) is 0 Å². The second-order valence-corrected chi connectivity index (χ2v) is 6.75. The smallest absolute Gasteiger partial charge is 0.332 e. The molecule has 2 N–H and O–H groups in total. The van der Waals surface area contributed by atoms with Gasteiger partial charge in [-0.2, -0.15) is 0 Å². The lowest BCUT2D eigenvalue weighted by Crippen LogP contribution is -2.59. The molecule has 0 aliphatic carbocycles. The average Bonchev–Trinajstić information content (AvgIpc) is 3.21. The Hall–Kier alpha value is -2.69. The Morgan fingerprint density at radius 3 is 2.46 bits per heavy atom. The first-order valence-electron chi connectivity index (χ1n) is 8.26. The van der Waals surface area contributed by atoms with E-state index in [1.807, 2.05) is 0 Å². The number of alkyl halides is 2. The Balaban J connectivity index is 1.80. The molecule has 28 heavy (non-hydrogen) atoms. The number of rotatable bonds is 5. The quantitative estimate of drug-likeness (QED) is 0.730. The topological polar surface area (TPSA) is 97.2 Å². The average molecular weight is 404 g/mol. The number of nitrogens with zero attached hydrogens (tertiary/aromatic N) is 1. The van der Waals surface area contributed by atoms with Crippen molar-refractivity contribution in [2.24, 2.45) is 5.16 Å². The van der Waals surface area contributed by atoms with Crippen LogP contribution in [0, 0.1) is 11.6 Å². The molecule has 3 atom stereocenters. The monoisotopic (exact) mass is 404 g/mol. The van der Waals surface area contributed by atoms with Gasteiger partial charge >= 0.3 is 5.97 Å². The Kier molecular flexibility index (Phi) is 5.04. The van der Waals surface area contributed by atoms with Gasteiger partial charge in [0.25, 0.3) is 17.4 Å². The molecule has 3 rings (SSSR count). The summed E-state index contributed by atoms with van der Waals surface area (Å²) >= 11 is 0. The van der Waals surface area contributed by atoms with Crippen LogP contribution in [0.3, 0.4) is 0 Å². The van der Waals surface area contributed by atoms with Crippen molar-refractivity contribution in [3.8, 4) is 0 Å². The van der Waals surface area contributed by atoms with Crippen molar-refractivity contribution < 1.29 is 41.8 Å². The SMILES string of the molecule is CC(F)(F)[C@]1(C(=O)N[C@H]2CO[C@@H](C(=O)O)C2)CC(c2cc(F)cc(F)c2)=NO1. The van der Waals surface area contributed by atoms with Gasteiger partial charge in [-0.3, -0.25) is 4.79 Å². The van der Waals surface area contributed by atoms with Gasteiger partial charge in [-0.1, -0.05) is 5.16 Å². The molecule has 152 valence electrons. The highest BCUT2D eigenvalue weighted by atomic mass is 19.3. The Morgan fingerprint density at radius 2 is 1.93 bits per heavy atom. The lowest BCUT2D eigenvalue weighted by Gasteiger charge is -2.31. The summed E-state index contributed by atoms with van der Waals surface area (Å²) in [6, 6.07) is 1.56. The normalized spacial score (nSPS) is 27.2. The lowest BCUT2D eigenvalue weighted by atomic mass is 9.87. The van der Waals surface area contributed by atoms with E-state index in [2.05, 4.69) is 10.5 Å². The van der Waals surface area contributed by atoms with Crippen molar-refractivity contribution in [1.29, 1.82) is 0 Å². The Bertz CT molecular complexity index is 821. The van der Waals surface area contributed by atoms with Gasteiger partial charge in [-0.25, -0.2) is 22.4 Å². The number of carbonyl (C=O) groups is 2. The molecule has 0 saturated carbocycles. The second kappa shape index (κ2) is 7.04. The van der Waals surface area contributed by atoms with Gasteiger partial charge in [0, 0.05) is 25.0 Å². The first-order chi connectivity index (χ1) is 13.0. The van der Waals surface area contributed by atoms with Gasteiger partial charge in [-0.05, 0) is 12.1 Å². The molecule has 1 saturated heterocycles. The van der Waals surface area contributed by atoms with E-state index in [1.165, 1.54) is 0 Å². The maximum atomic E-state index is 14.3. The highest BCUT2D eigenvalue weighted by Crippen LogP contribution is 2.40. The summed E-state index contributed by atoms with van der Waals surface area (Å²) in [5.41, 5.74) is -3.10. The van der Waals surface area contributed by atoms with Crippen LogP contribution in [0.15, 0.2) is 23.4 Å². The first kappa shape index (κ1) is 20.1. The maximum absolute atomic E-state index is 14.3. The number of oxime groups is 1. The fraction of sp³-hybridized carbons (Fsp3) is 0.471.